The normalized spacial score (nSPS) is 12.4. The first kappa shape index (κ1) is 14.3. The Morgan fingerprint density at radius 1 is 1.05 bits per heavy atom. The van der Waals surface area contributed by atoms with Crippen molar-refractivity contribution < 1.29 is 13.2 Å². The topological polar surface area (TPSA) is 29.7 Å². The number of fused-ring (bicyclic) bond motifs is 1. The van der Waals surface area contributed by atoms with Crippen LogP contribution in [0.1, 0.15) is 11.1 Å². The summed E-state index contributed by atoms with van der Waals surface area (Å²) in [6.07, 6.45) is 1.04. The van der Waals surface area contributed by atoms with Gasteiger partial charge in [-0.1, -0.05) is 12.1 Å². The number of halogens is 3. The number of nitrogens with zero attached hydrogens (tertiary/aromatic N) is 3. The van der Waals surface area contributed by atoms with E-state index in [-0.39, 0.29) is 0 Å². The van der Waals surface area contributed by atoms with E-state index in [0.717, 1.165) is 23.3 Å². The molecule has 1 aromatic carbocycles. The number of rotatable bonds is 2. The van der Waals surface area contributed by atoms with Crippen molar-refractivity contribution in [2.24, 2.45) is 4.99 Å². The maximum Gasteiger partial charge on any atom is 0.416 e. The van der Waals surface area contributed by atoms with Crippen LogP contribution in [0.3, 0.4) is 0 Å². The highest BCUT2D eigenvalue weighted by Gasteiger charge is 2.30. The van der Waals surface area contributed by atoms with Crippen molar-refractivity contribution >= 4 is 11.9 Å². The van der Waals surface area contributed by atoms with Crippen molar-refractivity contribution in [2.75, 3.05) is 7.05 Å². The number of imidazole rings is 1. The second kappa shape index (κ2) is 5.29. The zero-order chi connectivity index (χ0) is 15.7. The van der Waals surface area contributed by atoms with Gasteiger partial charge in [0.25, 0.3) is 0 Å². The second-order valence-corrected chi connectivity index (χ2v) is 4.82. The minimum atomic E-state index is -4.33. The molecule has 112 valence electrons. The molecule has 22 heavy (non-hydrogen) atoms. The Morgan fingerprint density at radius 2 is 1.77 bits per heavy atom. The quantitative estimate of drug-likeness (QED) is 0.656. The fraction of sp³-hybridized carbons (Fsp3) is 0.125. The largest absolute Gasteiger partial charge is 0.416 e. The first-order valence-electron chi connectivity index (χ1n) is 6.56. The van der Waals surface area contributed by atoms with E-state index < -0.39 is 11.7 Å². The molecule has 0 saturated carbocycles. The highest BCUT2D eigenvalue weighted by atomic mass is 19.4. The van der Waals surface area contributed by atoms with Crippen LogP contribution in [0.4, 0.5) is 13.2 Å². The minimum Gasteiger partial charge on any atom is -0.306 e. The van der Waals surface area contributed by atoms with Gasteiger partial charge in [0, 0.05) is 36.8 Å². The number of alkyl halides is 3. The van der Waals surface area contributed by atoms with Gasteiger partial charge in [0.05, 0.1) is 11.3 Å². The Morgan fingerprint density at radius 3 is 2.41 bits per heavy atom. The first-order chi connectivity index (χ1) is 10.5. The van der Waals surface area contributed by atoms with Crippen molar-refractivity contribution in [1.29, 1.82) is 0 Å². The molecule has 0 radical (unpaired) electrons. The molecule has 3 rings (SSSR count). The summed E-state index contributed by atoms with van der Waals surface area (Å²) in [7, 11) is 1.69. The molecular weight excluding hydrogens is 291 g/mol. The van der Waals surface area contributed by atoms with Crippen LogP contribution in [-0.2, 0) is 6.18 Å². The van der Waals surface area contributed by atoms with Gasteiger partial charge < -0.3 is 4.40 Å². The standard InChI is InChI=1S/C16H12F3N3/c1-20-8-11-2-7-15-21-14(10-22(15)9-11)12-3-5-13(6-4-12)16(17,18)19/h2-10H,1H3/b20-8+. The van der Waals surface area contributed by atoms with E-state index in [0.29, 0.717) is 11.3 Å². The fourth-order valence-corrected chi connectivity index (χ4v) is 2.20. The Bertz CT molecular complexity index is 830. The van der Waals surface area contributed by atoms with Crippen molar-refractivity contribution in [1.82, 2.24) is 9.38 Å². The highest BCUT2D eigenvalue weighted by molar-refractivity contribution is 5.79. The van der Waals surface area contributed by atoms with Crippen LogP contribution < -0.4 is 0 Å². The van der Waals surface area contributed by atoms with E-state index in [1.165, 1.54) is 12.1 Å². The zero-order valence-corrected chi connectivity index (χ0v) is 11.7. The predicted octanol–water partition coefficient (Wildman–Crippen LogP) is 4.07. The van der Waals surface area contributed by atoms with E-state index in [1.54, 1.807) is 19.5 Å². The number of pyridine rings is 1. The summed E-state index contributed by atoms with van der Waals surface area (Å²) in [6, 6.07) is 8.71. The Balaban J connectivity index is 1.99. The lowest BCUT2D eigenvalue weighted by atomic mass is 10.1. The summed E-state index contributed by atoms with van der Waals surface area (Å²) in [5.41, 5.74) is 2.25. The zero-order valence-electron chi connectivity index (χ0n) is 11.7. The lowest BCUT2D eigenvalue weighted by Gasteiger charge is -2.06. The Labute approximate surface area is 124 Å². The first-order valence-corrected chi connectivity index (χ1v) is 6.56. The van der Waals surface area contributed by atoms with Crippen molar-refractivity contribution in [3.63, 3.8) is 0 Å². The molecule has 3 nitrogen and oxygen atoms in total. The molecule has 0 bridgehead atoms. The lowest BCUT2D eigenvalue weighted by molar-refractivity contribution is -0.137. The molecule has 0 amide bonds. The van der Waals surface area contributed by atoms with Gasteiger partial charge in [-0.25, -0.2) is 4.98 Å². The molecule has 0 N–H and O–H groups in total. The predicted molar refractivity (Wildman–Crippen MR) is 79.1 cm³/mol. The third-order valence-electron chi connectivity index (χ3n) is 3.26. The van der Waals surface area contributed by atoms with Gasteiger partial charge >= 0.3 is 6.18 Å². The van der Waals surface area contributed by atoms with E-state index in [1.807, 2.05) is 22.7 Å². The smallest absolute Gasteiger partial charge is 0.306 e. The fourth-order valence-electron chi connectivity index (χ4n) is 2.20. The molecule has 3 aromatic rings. The van der Waals surface area contributed by atoms with Crippen LogP contribution in [-0.4, -0.2) is 22.6 Å². The van der Waals surface area contributed by atoms with Crippen LogP contribution in [0, 0.1) is 0 Å². The third kappa shape index (κ3) is 2.72. The van der Waals surface area contributed by atoms with Crippen molar-refractivity contribution in [2.45, 2.75) is 6.18 Å². The van der Waals surface area contributed by atoms with E-state index in [9.17, 15) is 13.2 Å². The maximum absolute atomic E-state index is 12.6. The molecule has 2 heterocycles. The van der Waals surface area contributed by atoms with E-state index >= 15 is 0 Å². The number of aromatic nitrogens is 2. The van der Waals surface area contributed by atoms with Gasteiger partial charge in [-0.2, -0.15) is 13.2 Å². The summed E-state index contributed by atoms with van der Waals surface area (Å²) >= 11 is 0. The van der Waals surface area contributed by atoms with Gasteiger partial charge in [0.2, 0.25) is 0 Å². The molecule has 0 saturated heterocycles. The van der Waals surface area contributed by atoms with Gasteiger partial charge in [-0.15, -0.1) is 0 Å². The molecule has 0 aliphatic carbocycles. The highest BCUT2D eigenvalue weighted by Crippen LogP contribution is 2.30. The molecule has 0 fully saturated rings. The van der Waals surface area contributed by atoms with E-state index in [2.05, 4.69) is 9.98 Å². The number of hydrogen-bond acceptors (Lipinski definition) is 2. The van der Waals surface area contributed by atoms with Gasteiger partial charge in [0.1, 0.15) is 5.65 Å². The van der Waals surface area contributed by atoms with Crippen molar-refractivity contribution in [3.8, 4) is 11.3 Å². The Kier molecular flexibility index (Phi) is 3.44. The van der Waals surface area contributed by atoms with Crippen LogP contribution in [0.25, 0.3) is 16.9 Å². The maximum atomic E-state index is 12.6. The minimum absolute atomic E-state index is 0.624. The molecule has 0 spiro atoms. The summed E-state index contributed by atoms with van der Waals surface area (Å²) < 4.78 is 39.5. The molecule has 0 atom stereocenters. The summed E-state index contributed by atoms with van der Waals surface area (Å²) in [4.78, 5) is 8.36. The average molecular weight is 303 g/mol. The average Bonchev–Trinajstić information content (AvgIpc) is 2.90. The number of aliphatic imine (C=N–C) groups is 1. The summed E-state index contributed by atoms with van der Waals surface area (Å²) in [5, 5.41) is 0. The van der Waals surface area contributed by atoms with Gasteiger partial charge in [0.15, 0.2) is 0 Å². The molecule has 0 aliphatic rings. The molecular formula is C16H12F3N3. The molecule has 2 aromatic heterocycles. The summed E-state index contributed by atoms with van der Waals surface area (Å²) in [5.74, 6) is 0. The SMILES string of the molecule is C/N=C/c1ccc2nc(-c3ccc(C(F)(F)F)cc3)cn2c1. The van der Waals surface area contributed by atoms with Gasteiger partial charge in [-0.05, 0) is 24.3 Å². The van der Waals surface area contributed by atoms with Crippen molar-refractivity contribution in [3.05, 3.63) is 59.9 Å². The number of hydrogen-bond donors (Lipinski definition) is 0. The summed E-state index contributed by atoms with van der Waals surface area (Å²) in [6.45, 7) is 0. The monoisotopic (exact) mass is 303 g/mol. The molecule has 0 aliphatic heterocycles. The Hall–Kier alpha value is -2.63. The molecule has 0 unspecified atom stereocenters. The molecule has 6 heteroatoms. The van der Waals surface area contributed by atoms with Crippen LogP contribution in [0.15, 0.2) is 53.8 Å². The van der Waals surface area contributed by atoms with E-state index in [4.69, 9.17) is 0 Å². The van der Waals surface area contributed by atoms with Gasteiger partial charge in [-0.3, -0.25) is 4.99 Å². The lowest BCUT2D eigenvalue weighted by Crippen LogP contribution is -2.03. The third-order valence-corrected chi connectivity index (χ3v) is 3.26. The van der Waals surface area contributed by atoms with Crippen LogP contribution in [0.2, 0.25) is 0 Å². The van der Waals surface area contributed by atoms with Crippen LogP contribution >= 0.6 is 0 Å². The number of benzene rings is 1. The second-order valence-electron chi connectivity index (χ2n) is 4.82. The van der Waals surface area contributed by atoms with Crippen LogP contribution in [0.5, 0.6) is 0 Å².